The highest BCUT2D eigenvalue weighted by atomic mass is 16.5. The number of anilines is 1. The maximum atomic E-state index is 10.7. The zero-order chi connectivity index (χ0) is 14.4. The van der Waals surface area contributed by atoms with Crippen molar-refractivity contribution in [3.63, 3.8) is 0 Å². The molecule has 0 radical (unpaired) electrons. The SMILES string of the molecule is CCOc1ccccc1NCc1ccc(C(=O)O)cn1. The second-order valence-corrected chi connectivity index (χ2v) is 4.13. The second-order valence-electron chi connectivity index (χ2n) is 4.13. The van der Waals surface area contributed by atoms with Crippen molar-refractivity contribution in [3.05, 3.63) is 53.9 Å². The molecule has 0 saturated heterocycles. The first-order chi connectivity index (χ1) is 9.70. The van der Waals surface area contributed by atoms with E-state index in [1.165, 1.54) is 6.20 Å². The highest BCUT2D eigenvalue weighted by Crippen LogP contribution is 2.24. The van der Waals surface area contributed by atoms with Crippen LogP contribution in [0.4, 0.5) is 5.69 Å². The summed E-state index contributed by atoms with van der Waals surface area (Å²) < 4.78 is 5.52. The summed E-state index contributed by atoms with van der Waals surface area (Å²) in [6.07, 6.45) is 1.35. The van der Waals surface area contributed by atoms with Gasteiger partial charge in [-0.15, -0.1) is 0 Å². The molecule has 2 N–H and O–H groups in total. The number of nitrogens with zero attached hydrogens (tertiary/aromatic N) is 1. The summed E-state index contributed by atoms with van der Waals surface area (Å²) in [7, 11) is 0. The molecular formula is C15H16N2O3. The Labute approximate surface area is 117 Å². The van der Waals surface area contributed by atoms with Crippen LogP contribution in [0.15, 0.2) is 42.6 Å². The van der Waals surface area contributed by atoms with Crippen molar-refractivity contribution in [1.29, 1.82) is 0 Å². The number of carboxylic acids is 1. The molecule has 0 unspecified atom stereocenters. The highest BCUT2D eigenvalue weighted by Gasteiger charge is 2.04. The van der Waals surface area contributed by atoms with Crippen LogP contribution in [0.2, 0.25) is 0 Å². The zero-order valence-corrected chi connectivity index (χ0v) is 11.2. The van der Waals surface area contributed by atoms with E-state index in [9.17, 15) is 4.79 Å². The molecule has 2 rings (SSSR count). The van der Waals surface area contributed by atoms with Gasteiger partial charge in [-0.3, -0.25) is 4.98 Å². The smallest absolute Gasteiger partial charge is 0.337 e. The number of carboxylic acid groups (broad SMARTS) is 1. The Bertz CT molecular complexity index is 582. The molecule has 0 aliphatic heterocycles. The van der Waals surface area contributed by atoms with Crippen molar-refractivity contribution in [2.24, 2.45) is 0 Å². The highest BCUT2D eigenvalue weighted by molar-refractivity contribution is 5.87. The first-order valence-electron chi connectivity index (χ1n) is 6.34. The van der Waals surface area contributed by atoms with Crippen molar-refractivity contribution in [2.45, 2.75) is 13.5 Å². The van der Waals surface area contributed by atoms with Crippen molar-refractivity contribution < 1.29 is 14.6 Å². The number of rotatable bonds is 6. The first-order valence-corrected chi connectivity index (χ1v) is 6.34. The zero-order valence-electron chi connectivity index (χ0n) is 11.2. The van der Waals surface area contributed by atoms with E-state index in [1.54, 1.807) is 12.1 Å². The maximum absolute atomic E-state index is 10.7. The number of nitrogens with one attached hydrogen (secondary N) is 1. The summed E-state index contributed by atoms with van der Waals surface area (Å²) in [6, 6.07) is 10.9. The number of aromatic nitrogens is 1. The summed E-state index contributed by atoms with van der Waals surface area (Å²) >= 11 is 0. The summed E-state index contributed by atoms with van der Waals surface area (Å²) in [5, 5.41) is 12.0. The predicted octanol–water partition coefficient (Wildman–Crippen LogP) is 2.79. The van der Waals surface area contributed by atoms with Crippen molar-refractivity contribution in [2.75, 3.05) is 11.9 Å². The van der Waals surface area contributed by atoms with Gasteiger partial charge in [0.2, 0.25) is 0 Å². The van der Waals surface area contributed by atoms with Gasteiger partial charge in [0.15, 0.2) is 0 Å². The molecule has 0 amide bonds. The Hall–Kier alpha value is -2.56. The third-order valence-corrected chi connectivity index (χ3v) is 2.72. The monoisotopic (exact) mass is 272 g/mol. The molecule has 5 nitrogen and oxygen atoms in total. The van der Waals surface area contributed by atoms with E-state index in [2.05, 4.69) is 10.3 Å². The van der Waals surface area contributed by atoms with Gasteiger partial charge in [0, 0.05) is 6.20 Å². The largest absolute Gasteiger partial charge is 0.492 e. The van der Waals surface area contributed by atoms with Crippen LogP contribution in [0.3, 0.4) is 0 Å². The van der Waals surface area contributed by atoms with Crippen LogP contribution in [0.25, 0.3) is 0 Å². The lowest BCUT2D eigenvalue weighted by molar-refractivity contribution is 0.0696. The van der Waals surface area contributed by atoms with Gasteiger partial charge >= 0.3 is 5.97 Å². The lowest BCUT2D eigenvalue weighted by Gasteiger charge is -2.11. The average Bonchev–Trinajstić information content (AvgIpc) is 2.47. The quantitative estimate of drug-likeness (QED) is 0.846. The van der Waals surface area contributed by atoms with Crippen LogP contribution in [0.1, 0.15) is 23.0 Å². The maximum Gasteiger partial charge on any atom is 0.337 e. The number of aromatic carboxylic acids is 1. The molecule has 0 spiro atoms. The number of hydrogen-bond donors (Lipinski definition) is 2. The van der Waals surface area contributed by atoms with Gasteiger partial charge in [-0.25, -0.2) is 4.79 Å². The molecular weight excluding hydrogens is 256 g/mol. The van der Waals surface area contributed by atoms with E-state index in [4.69, 9.17) is 9.84 Å². The molecule has 5 heteroatoms. The summed E-state index contributed by atoms with van der Waals surface area (Å²) in [5.41, 5.74) is 1.84. The van der Waals surface area contributed by atoms with E-state index < -0.39 is 5.97 Å². The number of para-hydroxylation sites is 2. The fourth-order valence-corrected chi connectivity index (χ4v) is 1.74. The lowest BCUT2D eigenvalue weighted by Crippen LogP contribution is -2.05. The van der Waals surface area contributed by atoms with Gasteiger partial charge in [0.25, 0.3) is 0 Å². The molecule has 2 aromatic rings. The van der Waals surface area contributed by atoms with Gasteiger partial charge in [-0.1, -0.05) is 12.1 Å². The molecule has 1 heterocycles. The Morgan fingerprint density at radius 1 is 1.30 bits per heavy atom. The lowest BCUT2D eigenvalue weighted by atomic mass is 10.2. The van der Waals surface area contributed by atoms with E-state index >= 15 is 0 Å². The number of pyridine rings is 1. The van der Waals surface area contributed by atoms with Crippen LogP contribution in [-0.2, 0) is 6.54 Å². The minimum Gasteiger partial charge on any atom is -0.492 e. The van der Waals surface area contributed by atoms with Gasteiger partial charge in [-0.2, -0.15) is 0 Å². The third-order valence-electron chi connectivity index (χ3n) is 2.72. The van der Waals surface area contributed by atoms with Gasteiger partial charge in [-0.05, 0) is 31.2 Å². The topological polar surface area (TPSA) is 71.5 Å². The van der Waals surface area contributed by atoms with Crippen molar-refractivity contribution in [3.8, 4) is 5.75 Å². The van der Waals surface area contributed by atoms with Crippen molar-refractivity contribution >= 4 is 11.7 Å². The molecule has 1 aromatic carbocycles. The average molecular weight is 272 g/mol. The second kappa shape index (κ2) is 6.56. The number of benzene rings is 1. The van der Waals surface area contributed by atoms with E-state index in [0.29, 0.717) is 13.2 Å². The van der Waals surface area contributed by atoms with E-state index in [0.717, 1.165) is 17.1 Å². The summed E-state index contributed by atoms with van der Waals surface area (Å²) in [6.45, 7) is 3.04. The van der Waals surface area contributed by atoms with Crippen molar-refractivity contribution in [1.82, 2.24) is 4.98 Å². The number of carbonyl (C=O) groups is 1. The predicted molar refractivity (Wildman–Crippen MR) is 76.1 cm³/mol. The van der Waals surface area contributed by atoms with E-state index in [-0.39, 0.29) is 5.56 Å². The Kier molecular flexibility index (Phi) is 4.55. The molecule has 0 fully saturated rings. The molecule has 104 valence electrons. The minimum absolute atomic E-state index is 0.184. The van der Waals surface area contributed by atoms with Crippen LogP contribution in [0, 0.1) is 0 Å². The fraction of sp³-hybridized carbons (Fsp3) is 0.200. The molecule has 0 atom stereocenters. The van der Waals surface area contributed by atoms with Gasteiger partial charge in [0.1, 0.15) is 5.75 Å². The Morgan fingerprint density at radius 3 is 2.75 bits per heavy atom. The Morgan fingerprint density at radius 2 is 2.10 bits per heavy atom. The third kappa shape index (κ3) is 3.47. The molecule has 0 bridgehead atoms. The van der Waals surface area contributed by atoms with Crippen LogP contribution < -0.4 is 10.1 Å². The van der Waals surface area contributed by atoms with Gasteiger partial charge < -0.3 is 15.2 Å². The molecule has 0 aliphatic carbocycles. The summed E-state index contributed by atoms with van der Waals surface area (Å²) in [5.74, 6) is -0.184. The molecule has 0 saturated carbocycles. The molecule has 1 aromatic heterocycles. The number of ether oxygens (including phenoxy) is 1. The van der Waals surface area contributed by atoms with Crippen LogP contribution >= 0.6 is 0 Å². The normalized spacial score (nSPS) is 10.1. The minimum atomic E-state index is -0.973. The van der Waals surface area contributed by atoms with Gasteiger partial charge in [0.05, 0.1) is 30.1 Å². The standard InChI is InChI=1S/C15H16N2O3/c1-2-20-14-6-4-3-5-13(14)17-10-12-8-7-11(9-16-12)15(18)19/h3-9,17H,2,10H2,1H3,(H,18,19). The molecule has 0 aliphatic rings. The van der Waals surface area contributed by atoms with E-state index in [1.807, 2.05) is 31.2 Å². The summed E-state index contributed by atoms with van der Waals surface area (Å²) in [4.78, 5) is 14.8. The number of hydrogen-bond acceptors (Lipinski definition) is 4. The molecule has 20 heavy (non-hydrogen) atoms. The Balaban J connectivity index is 2.03. The fourth-order valence-electron chi connectivity index (χ4n) is 1.74. The van der Waals surface area contributed by atoms with Crippen LogP contribution in [0.5, 0.6) is 5.75 Å². The first kappa shape index (κ1) is 13.9. The van der Waals surface area contributed by atoms with Crippen LogP contribution in [-0.4, -0.2) is 22.7 Å².